The van der Waals surface area contributed by atoms with Gasteiger partial charge in [-0.15, -0.1) is 0 Å². The second-order valence-corrected chi connectivity index (χ2v) is 18.4. The number of aryl methyl sites for hydroxylation is 1. The Balaban J connectivity index is 1.21. The van der Waals surface area contributed by atoms with Gasteiger partial charge in [-0.2, -0.15) is 0 Å². The van der Waals surface area contributed by atoms with Gasteiger partial charge in [-0.25, -0.2) is 4.98 Å². The van der Waals surface area contributed by atoms with Crippen molar-refractivity contribution >= 4 is 46.8 Å². The first-order valence-corrected chi connectivity index (χ1v) is 22.6. The van der Waals surface area contributed by atoms with Crippen molar-refractivity contribution in [2.45, 2.75) is 76.7 Å². The second kappa shape index (κ2) is 20.6. The summed E-state index contributed by atoms with van der Waals surface area (Å²) >= 11 is 12.8. The maximum Gasteiger partial charge on any atom is 0.245 e. The molecular formula is C49H56Cl2N8O6. The minimum absolute atomic E-state index is 0.116. The lowest BCUT2D eigenvalue weighted by Crippen LogP contribution is -2.65. The summed E-state index contributed by atoms with van der Waals surface area (Å²) in [5, 5.41) is 17.4. The molecule has 0 radical (unpaired) electrons. The number of aliphatic hydroxyl groups excluding tert-OH is 1. The molecule has 4 amide bonds. The number of pyridine rings is 1. The van der Waals surface area contributed by atoms with Gasteiger partial charge < -0.3 is 39.7 Å². The van der Waals surface area contributed by atoms with Crippen molar-refractivity contribution < 1.29 is 29.0 Å². The van der Waals surface area contributed by atoms with E-state index in [1.807, 2.05) is 93.4 Å². The van der Waals surface area contributed by atoms with Crippen LogP contribution in [-0.2, 0) is 52.2 Å². The first kappa shape index (κ1) is 47.2. The van der Waals surface area contributed by atoms with Crippen LogP contribution >= 0.6 is 23.2 Å². The number of fused-ring (bicyclic) bond motifs is 2. The van der Waals surface area contributed by atoms with E-state index in [0.29, 0.717) is 65.2 Å². The molecule has 3 N–H and O–H groups in total. The Bertz CT molecular complexity index is 2510. The topological polar surface area (TPSA) is 162 Å². The SMILES string of the molecule is Cc1cccc(C[C@@H]2CC(=O)N(Cc3ccc(Cl)cc3Oc3ccc(-c4cnc(CN(C)C)n4C)cc3)[C@@H](C)C(=O)N[C@@H](CO)C(=O)N[C@@]3(Cc4ccc(Cl)cc4)CCCN(C3)C2=O)n1. The number of carbonyl (C=O) groups excluding carboxylic acids is 4. The van der Waals surface area contributed by atoms with Crippen molar-refractivity contribution in [1.82, 2.24) is 39.9 Å². The molecule has 3 aromatic carbocycles. The first-order chi connectivity index (χ1) is 31.1. The van der Waals surface area contributed by atoms with Crippen LogP contribution in [0.1, 0.15) is 54.5 Å². The molecule has 2 fully saturated rings. The van der Waals surface area contributed by atoms with Crippen molar-refractivity contribution in [3.8, 4) is 22.8 Å². The van der Waals surface area contributed by atoms with Gasteiger partial charge in [-0.1, -0.05) is 47.5 Å². The van der Waals surface area contributed by atoms with Crippen LogP contribution in [0, 0.1) is 12.8 Å². The Kier molecular flexibility index (Phi) is 14.9. The summed E-state index contributed by atoms with van der Waals surface area (Å²) in [6.45, 7) is 3.86. The number of amides is 4. The Morgan fingerprint density at radius 3 is 2.40 bits per heavy atom. The van der Waals surface area contributed by atoms with Gasteiger partial charge in [0.05, 0.1) is 43.0 Å². The standard InChI is InChI=1S/C49H56Cl2N8O6/c1-31-8-6-9-39(53-31)22-36-23-45(61)59(27-35-12-17-38(51)24-43(35)65-40-18-13-34(14-19-40)42-26-52-44(57(42)5)28-56(3)4)32(2)46(62)54-41(29-60)47(63)55-49(20-7-21-58(30-49)48(36)64)25-33-10-15-37(50)16-11-33/h6,8-19,24,26,32,36,41,60H,7,20-23,25,27-30H2,1-5H3,(H,54,62)(H,55,63)/t32-,36+,41-,49+/m0/s1. The highest BCUT2D eigenvalue weighted by molar-refractivity contribution is 6.31. The van der Waals surface area contributed by atoms with Crippen molar-refractivity contribution in [3.05, 3.63) is 130 Å². The molecule has 0 unspecified atom stereocenters. The van der Waals surface area contributed by atoms with Gasteiger partial charge in [0.15, 0.2) is 0 Å². The molecule has 65 heavy (non-hydrogen) atoms. The number of nitrogens with zero attached hydrogens (tertiary/aromatic N) is 6. The fourth-order valence-electron chi connectivity index (χ4n) is 8.72. The van der Waals surface area contributed by atoms with Crippen LogP contribution in [0.25, 0.3) is 11.3 Å². The molecule has 4 heterocycles. The summed E-state index contributed by atoms with van der Waals surface area (Å²) in [5.41, 5.74) is 3.77. The summed E-state index contributed by atoms with van der Waals surface area (Å²) in [6.07, 6.45) is 3.22. The minimum atomic E-state index is -1.35. The van der Waals surface area contributed by atoms with Crippen LogP contribution in [0.3, 0.4) is 0 Å². The molecule has 2 aromatic heterocycles. The van der Waals surface area contributed by atoms with Crippen LogP contribution in [0.2, 0.25) is 10.0 Å². The molecule has 0 spiro atoms. The van der Waals surface area contributed by atoms with Gasteiger partial charge in [0.2, 0.25) is 23.6 Å². The van der Waals surface area contributed by atoms with Gasteiger partial charge in [-0.3, -0.25) is 24.2 Å². The number of benzene rings is 3. The van der Waals surface area contributed by atoms with E-state index in [1.54, 1.807) is 42.2 Å². The highest BCUT2D eigenvalue weighted by Crippen LogP contribution is 2.34. The maximum absolute atomic E-state index is 14.9. The molecular weight excluding hydrogens is 867 g/mol. The molecule has 5 aromatic rings. The number of aliphatic hydroxyl groups is 1. The normalized spacial score (nSPS) is 21.0. The number of piperidine rings is 1. The Hall–Kier alpha value is -5.80. The van der Waals surface area contributed by atoms with Crippen molar-refractivity contribution in [3.63, 3.8) is 0 Å². The second-order valence-electron chi connectivity index (χ2n) is 17.5. The third-order valence-electron chi connectivity index (χ3n) is 12.2. The number of nitrogens with one attached hydrogen (secondary N) is 2. The van der Waals surface area contributed by atoms with Crippen LogP contribution in [0.4, 0.5) is 0 Å². The number of carbonyl (C=O) groups is 4. The van der Waals surface area contributed by atoms with E-state index in [1.165, 1.54) is 4.90 Å². The molecule has 7 rings (SSSR count). The quantitative estimate of drug-likeness (QED) is 0.134. The predicted molar refractivity (Wildman–Crippen MR) is 249 cm³/mol. The molecule has 0 aliphatic carbocycles. The fraction of sp³-hybridized carbons (Fsp3) is 0.388. The fourth-order valence-corrected chi connectivity index (χ4v) is 9.01. The lowest BCUT2D eigenvalue weighted by molar-refractivity contribution is -0.147. The number of halogens is 2. The number of imidazole rings is 1. The van der Waals surface area contributed by atoms with E-state index in [0.717, 1.165) is 28.3 Å². The molecule has 4 atom stereocenters. The van der Waals surface area contributed by atoms with Crippen molar-refractivity contribution in [2.24, 2.45) is 13.0 Å². The van der Waals surface area contributed by atoms with E-state index in [2.05, 4.69) is 20.5 Å². The predicted octanol–water partition coefficient (Wildman–Crippen LogP) is 6.13. The van der Waals surface area contributed by atoms with Crippen LogP contribution < -0.4 is 15.4 Å². The molecule has 2 bridgehead atoms. The molecule has 2 saturated heterocycles. The maximum atomic E-state index is 14.9. The summed E-state index contributed by atoms with van der Waals surface area (Å²) in [5.74, 6) is -1.08. The van der Waals surface area contributed by atoms with Crippen molar-refractivity contribution in [1.29, 1.82) is 0 Å². The van der Waals surface area contributed by atoms with Gasteiger partial charge in [0.25, 0.3) is 0 Å². The molecule has 16 heteroatoms. The number of hydrogen-bond donors (Lipinski definition) is 3. The third-order valence-corrected chi connectivity index (χ3v) is 12.7. The van der Waals surface area contributed by atoms with Crippen LogP contribution in [-0.4, -0.2) is 109 Å². The summed E-state index contributed by atoms with van der Waals surface area (Å²) in [4.78, 5) is 72.7. The molecule has 0 saturated carbocycles. The molecule has 2 aliphatic rings. The average Bonchev–Trinajstić information content (AvgIpc) is 3.63. The summed E-state index contributed by atoms with van der Waals surface area (Å²) in [7, 11) is 5.97. The lowest BCUT2D eigenvalue weighted by atomic mass is 9.82. The number of hydrogen-bond acceptors (Lipinski definition) is 9. The number of aromatic nitrogens is 3. The number of ether oxygens (including phenoxy) is 1. The molecule has 14 nitrogen and oxygen atoms in total. The smallest absolute Gasteiger partial charge is 0.245 e. The number of rotatable bonds is 12. The van der Waals surface area contributed by atoms with E-state index in [4.69, 9.17) is 32.9 Å². The summed E-state index contributed by atoms with van der Waals surface area (Å²) in [6, 6.07) is 22.9. The largest absolute Gasteiger partial charge is 0.457 e. The zero-order valence-electron chi connectivity index (χ0n) is 37.4. The highest BCUT2D eigenvalue weighted by Gasteiger charge is 2.43. The Morgan fingerprint density at radius 1 is 0.954 bits per heavy atom. The van der Waals surface area contributed by atoms with Gasteiger partial charge in [0, 0.05) is 65.5 Å². The van der Waals surface area contributed by atoms with Gasteiger partial charge in [0.1, 0.15) is 29.4 Å². The van der Waals surface area contributed by atoms with E-state index >= 15 is 0 Å². The van der Waals surface area contributed by atoms with Gasteiger partial charge in [-0.05, 0) is 113 Å². The van der Waals surface area contributed by atoms with Crippen molar-refractivity contribution in [2.75, 3.05) is 33.8 Å². The Labute approximate surface area is 389 Å². The lowest BCUT2D eigenvalue weighted by Gasteiger charge is -2.45. The minimum Gasteiger partial charge on any atom is -0.457 e. The zero-order chi connectivity index (χ0) is 46.4. The first-order valence-electron chi connectivity index (χ1n) is 21.8. The average molecular weight is 924 g/mol. The zero-order valence-corrected chi connectivity index (χ0v) is 38.9. The monoisotopic (exact) mass is 922 g/mol. The van der Waals surface area contributed by atoms with E-state index in [9.17, 15) is 24.3 Å². The van der Waals surface area contributed by atoms with Gasteiger partial charge >= 0.3 is 0 Å². The van der Waals surface area contributed by atoms with E-state index < -0.39 is 47.9 Å². The van der Waals surface area contributed by atoms with Crippen LogP contribution in [0.5, 0.6) is 11.5 Å². The highest BCUT2D eigenvalue weighted by atomic mass is 35.5. The van der Waals surface area contributed by atoms with Crippen LogP contribution in [0.15, 0.2) is 91.1 Å². The Morgan fingerprint density at radius 2 is 1.69 bits per heavy atom. The van der Waals surface area contributed by atoms with E-state index in [-0.39, 0.29) is 31.8 Å². The summed E-state index contributed by atoms with van der Waals surface area (Å²) < 4.78 is 8.49. The molecule has 342 valence electrons. The third kappa shape index (κ3) is 11.5. The molecule has 2 aliphatic heterocycles.